The molecule has 0 aliphatic carbocycles. The SMILES string of the molecule is C=[N+]1N=CC(Cc2cc(C#N)n[nH]2)=C1Br. The Morgan fingerprint density at radius 2 is 2.47 bits per heavy atom. The van der Waals surface area contributed by atoms with Gasteiger partial charge in [-0.25, -0.2) is 0 Å². The summed E-state index contributed by atoms with van der Waals surface area (Å²) in [5.74, 6) is 0. The Kier molecular flexibility index (Phi) is 2.47. The molecule has 2 rings (SSSR count). The number of rotatable bonds is 2. The van der Waals surface area contributed by atoms with Gasteiger partial charge in [0.15, 0.2) is 12.4 Å². The van der Waals surface area contributed by atoms with Crippen molar-refractivity contribution < 1.29 is 4.68 Å². The smallest absolute Gasteiger partial charge is 0.281 e. The van der Waals surface area contributed by atoms with E-state index >= 15 is 0 Å². The molecule has 1 aromatic heterocycles. The van der Waals surface area contributed by atoms with Gasteiger partial charge in [0.25, 0.3) is 4.61 Å². The second-order valence-corrected chi connectivity index (χ2v) is 3.78. The van der Waals surface area contributed by atoms with Gasteiger partial charge < -0.3 is 0 Å². The monoisotopic (exact) mass is 264 g/mol. The van der Waals surface area contributed by atoms with Gasteiger partial charge in [-0.05, 0) is 11.2 Å². The highest BCUT2D eigenvalue weighted by Gasteiger charge is 2.20. The third-order valence-corrected chi connectivity index (χ3v) is 2.89. The topological polar surface area (TPSA) is 67.8 Å². The lowest BCUT2D eigenvalue weighted by atomic mass is 10.2. The molecule has 6 heteroatoms. The van der Waals surface area contributed by atoms with E-state index in [0.29, 0.717) is 12.1 Å². The Bertz CT molecular complexity index is 517. The van der Waals surface area contributed by atoms with E-state index < -0.39 is 0 Å². The van der Waals surface area contributed by atoms with E-state index in [1.165, 1.54) is 4.68 Å². The number of aromatic nitrogens is 2. The predicted octanol–water partition coefficient (Wildman–Crippen LogP) is 1.14. The number of nitriles is 1. The zero-order chi connectivity index (χ0) is 10.8. The molecular formula is C9H7BrN5+. The molecule has 0 saturated heterocycles. The highest BCUT2D eigenvalue weighted by atomic mass is 79.9. The lowest BCUT2D eigenvalue weighted by Crippen LogP contribution is -1.94. The number of hydrazone groups is 1. The van der Waals surface area contributed by atoms with Gasteiger partial charge in [0, 0.05) is 28.0 Å². The molecule has 74 valence electrons. The lowest BCUT2D eigenvalue weighted by Gasteiger charge is -1.91. The molecule has 0 radical (unpaired) electrons. The number of aromatic amines is 1. The van der Waals surface area contributed by atoms with Crippen LogP contribution in [0, 0.1) is 11.3 Å². The van der Waals surface area contributed by atoms with Crippen LogP contribution >= 0.6 is 15.9 Å². The summed E-state index contributed by atoms with van der Waals surface area (Å²) < 4.78 is 2.33. The molecule has 1 aromatic rings. The van der Waals surface area contributed by atoms with Gasteiger partial charge in [0.1, 0.15) is 12.3 Å². The summed E-state index contributed by atoms with van der Waals surface area (Å²) in [6.45, 7) is 3.68. The number of allylic oxidation sites excluding steroid dienone is 1. The van der Waals surface area contributed by atoms with Crippen molar-refractivity contribution in [3.63, 3.8) is 0 Å². The van der Waals surface area contributed by atoms with E-state index in [-0.39, 0.29) is 0 Å². The van der Waals surface area contributed by atoms with Gasteiger partial charge in [0.2, 0.25) is 0 Å². The maximum Gasteiger partial charge on any atom is 0.284 e. The molecule has 15 heavy (non-hydrogen) atoms. The highest BCUT2D eigenvalue weighted by molar-refractivity contribution is 9.11. The van der Waals surface area contributed by atoms with E-state index in [1.807, 2.05) is 6.07 Å². The molecule has 0 unspecified atom stereocenters. The first-order valence-corrected chi connectivity index (χ1v) is 4.97. The van der Waals surface area contributed by atoms with Crippen molar-refractivity contribution in [1.82, 2.24) is 10.2 Å². The van der Waals surface area contributed by atoms with Crippen LogP contribution in [0.15, 0.2) is 21.3 Å². The molecule has 0 bridgehead atoms. The Morgan fingerprint density at radius 3 is 3.00 bits per heavy atom. The largest absolute Gasteiger partial charge is 0.284 e. The van der Waals surface area contributed by atoms with Gasteiger partial charge >= 0.3 is 0 Å². The van der Waals surface area contributed by atoms with Gasteiger partial charge in [-0.15, -0.1) is 0 Å². The maximum atomic E-state index is 8.61. The summed E-state index contributed by atoms with van der Waals surface area (Å²) in [4.78, 5) is 0. The number of H-pyrrole nitrogens is 1. The van der Waals surface area contributed by atoms with E-state index in [2.05, 4.69) is 37.9 Å². The summed E-state index contributed by atoms with van der Waals surface area (Å²) in [5.41, 5.74) is 2.27. The summed E-state index contributed by atoms with van der Waals surface area (Å²) >= 11 is 3.37. The molecule has 2 heterocycles. The van der Waals surface area contributed by atoms with Crippen LogP contribution in [0.1, 0.15) is 11.4 Å². The molecule has 5 nitrogen and oxygen atoms in total. The molecular weight excluding hydrogens is 258 g/mol. The van der Waals surface area contributed by atoms with Crippen molar-refractivity contribution >= 4 is 28.9 Å². The van der Waals surface area contributed by atoms with Crippen LogP contribution in [0.2, 0.25) is 0 Å². The summed E-state index contributed by atoms with van der Waals surface area (Å²) in [5, 5.41) is 19.2. The third-order valence-electron chi connectivity index (χ3n) is 1.97. The van der Waals surface area contributed by atoms with E-state index in [4.69, 9.17) is 5.26 Å². The average molecular weight is 265 g/mol. The molecule has 0 aromatic carbocycles. The van der Waals surface area contributed by atoms with Crippen molar-refractivity contribution in [2.75, 3.05) is 0 Å². The van der Waals surface area contributed by atoms with Crippen molar-refractivity contribution in [3.05, 3.63) is 27.6 Å². The highest BCUT2D eigenvalue weighted by Crippen LogP contribution is 2.20. The van der Waals surface area contributed by atoms with E-state index in [9.17, 15) is 0 Å². The van der Waals surface area contributed by atoms with Crippen molar-refractivity contribution in [3.8, 4) is 6.07 Å². The normalized spacial score (nSPS) is 14.8. The molecule has 0 spiro atoms. The quantitative estimate of drug-likeness (QED) is 0.643. The van der Waals surface area contributed by atoms with Gasteiger partial charge in [-0.2, -0.15) is 10.4 Å². The number of halogens is 1. The van der Waals surface area contributed by atoms with Gasteiger partial charge in [-0.3, -0.25) is 5.10 Å². The number of nitrogens with zero attached hydrogens (tertiary/aromatic N) is 4. The first-order chi connectivity index (χ1) is 7.20. The second kappa shape index (κ2) is 3.79. The summed E-state index contributed by atoms with van der Waals surface area (Å²) in [6, 6.07) is 3.68. The number of hydrogen-bond donors (Lipinski definition) is 1. The zero-order valence-corrected chi connectivity index (χ0v) is 9.32. The van der Waals surface area contributed by atoms with Crippen LogP contribution in [0.4, 0.5) is 0 Å². The minimum absolute atomic E-state index is 0.392. The third kappa shape index (κ3) is 1.87. The first-order valence-electron chi connectivity index (χ1n) is 4.18. The van der Waals surface area contributed by atoms with Crippen molar-refractivity contribution in [2.24, 2.45) is 5.10 Å². The van der Waals surface area contributed by atoms with Crippen molar-refractivity contribution in [2.45, 2.75) is 6.42 Å². The van der Waals surface area contributed by atoms with Crippen LogP contribution in [0.3, 0.4) is 0 Å². The number of nitrogens with one attached hydrogen (secondary N) is 1. The van der Waals surface area contributed by atoms with Gasteiger partial charge in [-0.1, -0.05) is 4.68 Å². The van der Waals surface area contributed by atoms with Crippen molar-refractivity contribution in [1.29, 1.82) is 5.26 Å². The van der Waals surface area contributed by atoms with Gasteiger partial charge in [0.05, 0.1) is 5.57 Å². The number of hydrogen-bond acceptors (Lipinski definition) is 3. The van der Waals surface area contributed by atoms with Crippen LogP contribution in [0.25, 0.3) is 0 Å². The van der Waals surface area contributed by atoms with E-state index in [1.54, 1.807) is 12.3 Å². The molecule has 1 aliphatic rings. The maximum absolute atomic E-state index is 8.61. The van der Waals surface area contributed by atoms with Crippen LogP contribution < -0.4 is 0 Å². The summed E-state index contributed by atoms with van der Waals surface area (Å²) in [6.07, 6.45) is 2.37. The molecule has 0 saturated carbocycles. The standard InChI is InChI=1S/C9H7BrN5/c1-15-9(10)6(5-12-15)2-7-3-8(4-11)14-13-7/h3,5H,1-2H2,(H,13,14)/q+1. The average Bonchev–Trinajstić information content (AvgIpc) is 2.80. The lowest BCUT2D eigenvalue weighted by molar-refractivity contribution is -0.454. The second-order valence-electron chi connectivity index (χ2n) is 3.03. The van der Waals surface area contributed by atoms with Crippen LogP contribution in [-0.2, 0) is 6.42 Å². The Hall–Kier alpha value is -1.74. The Labute approximate surface area is 94.6 Å². The molecule has 1 aliphatic heterocycles. The molecule has 1 N–H and O–H groups in total. The fourth-order valence-corrected chi connectivity index (χ4v) is 1.58. The summed E-state index contributed by atoms with van der Waals surface area (Å²) in [7, 11) is 0. The Balaban J connectivity index is 2.20. The minimum atomic E-state index is 0.392. The van der Waals surface area contributed by atoms with Crippen LogP contribution in [-0.4, -0.2) is 27.8 Å². The minimum Gasteiger partial charge on any atom is -0.281 e. The molecule has 0 atom stereocenters. The molecule has 0 amide bonds. The Morgan fingerprint density at radius 1 is 1.67 bits per heavy atom. The fraction of sp³-hybridized carbons (Fsp3) is 0.111. The van der Waals surface area contributed by atoms with E-state index in [0.717, 1.165) is 15.9 Å². The molecule has 0 fully saturated rings. The predicted molar refractivity (Wildman–Crippen MR) is 58.8 cm³/mol. The van der Waals surface area contributed by atoms with Crippen LogP contribution in [0.5, 0.6) is 0 Å². The first kappa shape index (κ1) is 9.80. The fourth-order valence-electron chi connectivity index (χ4n) is 1.24. The zero-order valence-electron chi connectivity index (χ0n) is 7.74.